The van der Waals surface area contributed by atoms with Gasteiger partial charge in [-0.3, -0.25) is 0 Å². The van der Waals surface area contributed by atoms with Crippen LogP contribution in [0.3, 0.4) is 0 Å². The van der Waals surface area contributed by atoms with E-state index in [0.717, 1.165) is 0 Å². The number of amides is 1. The Hall–Kier alpha value is -0.770. The Bertz CT molecular complexity index is 175. The molecule has 4 nitrogen and oxygen atoms in total. The van der Waals surface area contributed by atoms with Crippen molar-refractivity contribution in [3.05, 3.63) is 0 Å². The van der Waals surface area contributed by atoms with Gasteiger partial charge in [0.15, 0.2) is 0 Å². The van der Waals surface area contributed by atoms with E-state index in [2.05, 4.69) is 0 Å². The first-order chi connectivity index (χ1) is 5.23. The minimum absolute atomic E-state index is 0.554. The molecule has 0 atom stereocenters. The first-order valence-electron chi connectivity index (χ1n) is 3.76. The third-order valence-corrected chi connectivity index (χ3v) is 2.32. The summed E-state index contributed by atoms with van der Waals surface area (Å²) in [6.07, 6.45) is -0.787. The summed E-state index contributed by atoms with van der Waals surface area (Å²) in [6, 6.07) is 0. The van der Waals surface area contributed by atoms with Gasteiger partial charge >= 0.3 is 6.09 Å². The van der Waals surface area contributed by atoms with Crippen LogP contribution < -0.4 is 5.73 Å². The fourth-order valence-corrected chi connectivity index (χ4v) is 0.620. The molecule has 0 aromatic heterocycles. The SMILES string of the molecule is COC(C)(C)C(C)(C)OC(N)=O. The van der Waals surface area contributed by atoms with E-state index in [9.17, 15) is 4.79 Å². The van der Waals surface area contributed by atoms with Gasteiger partial charge in [-0.25, -0.2) is 4.79 Å². The minimum atomic E-state index is -0.787. The molecule has 0 aliphatic carbocycles. The molecule has 0 unspecified atom stereocenters. The number of methoxy groups -OCH3 is 1. The Morgan fingerprint density at radius 3 is 1.83 bits per heavy atom. The summed E-state index contributed by atoms with van der Waals surface area (Å²) < 4.78 is 10.1. The Balaban J connectivity index is 4.48. The molecule has 0 saturated heterocycles. The van der Waals surface area contributed by atoms with Gasteiger partial charge in [-0.05, 0) is 27.7 Å². The van der Waals surface area contributed by atoms with Crippen LogP contribution in [0.1, 0.15) is 27.7 Å². The number of carbonyl (C=O) groups excluding carboxylic acids is 1. The summed E-state index contributed by atoms with van der Waals surface area (Å²) in [6.45, 7) is 7.16. The third kappa shape index (κ3) is 2.37. The quantitative estimate of drug-likeness (QED) is 0.703. The van der Waals surface area contributed by atoms with Gasteiger partial charge in [0.1, 0.15) is 11.2 Å². The Morgan fingerprint density at radius 1 is 1.17 bits per heavy atom. The highest BCUT2D eigenvalue weighted by Crippen LogP contribution is 2.27. The number of ether oxygens (including phenoxy) is 2. The molecular weight excluding hydrogens is 158 g/mol. The van der Waals surface area contributed by atoms with Crippen LogP contribution in [0.15, 0.2) is 0 Å². The Labute approximate surface area is 73.0 Å². The topological polar surface area (TPSA) is 61.6 Å². The van der Waals surface area contributed by atoms with E-state index in [1.54, 1.807) is 21.0 Å². The van der Waals surface area contributed by atoms with E-state index >= 15 is 0 Å². The maximum Gasteiger partial charge on any atom is 0.405 e. The van der Waals surface area contributed by atoms with Crippen molar-refractivity contribution >= 4 is 6.09 Å². The minimum Gasteiger partial charge on any atom is -0.441 e. The second-order valence-electron chi connectivity index (χ2n) is 3.65. The maximum atomic E-state index is 10.5. The second kappa shape index (κ2) is 3.31. The smallest absolute Gasteiger partial charge is 0.405 e. The van der Waals surface area contributed by atoms with Crippen molar-refractivity contribution in [3.8, 4) is 0 Å². The molecule has 0 saturated carbocycles. The van der Waals surface area contributed by atoms with E-state index in [1.165, 1.54) is 0 Å². The van der Waals surface area contributed by atoms with Crippen LogP contribution in [-0.4, -0.2) is 24.4 Å². The summed E-state index contributed by atoms with van der Waals surface area (Å²) in [7, 11) is 1.56. The van der Waals surface area contributed by atoms with Crippen molar-refractivity contribution in [1.82, 2.24) is 0 Å². The highest BCUT2D eigenvalue weighted by Gasteiger charge is 2.40. The third-order valence-electron chi connectivity index (χ3n) is 2.32. The first kappa shape index (κ1) is 11.2. The number of rotatable bonds is 3. The molecule has 0 aromatic carbocycles. The summed E-state index contributed by atoms with van der Waals surface area (Å²) in [5, 5.41) is 0. The highest BCUT2D eigenvalue weighted by molar-refractivity contribution is 5.65. The molecule has 0 radical (unpaired) electrons. The predicted molar refractivity (Wildman–Crippen MR) is 45.8 cm³/mol. The first-order valence-corrected chi connectivity index (χ1v) is 3.76. The number of primary amides is 1. The van der Waals surface area contributed by atoms with Gasteiger partial charge in [0, 0.05) is 7.11 Å². The lowest BCUT2D eigenvalue weighted by Gasteiger charge is -2.38. The van der Waals surface area contributed by atoms with Gasteiger partial charge in [-0.2, -0.15) is 0 Å². The van der Waals surface area contributed by atoms with Crippen molar-refractivity contribution in [2.45, 2.75) is 38.9 Å². The maximum absolute atomic E-state index is 10.5. The standard InChI is InChI=1S/C8H17NO3/c1-7(2,11-5)8(3,4)12-6(9)10/h1-5H3,(H2,9,10). The summed E-state index contributed by atoms with van der Waals surface area (Å²) in [5.41, 5.74) is 3.63. The average Bonchev–Trinajstić information content (AvgIpc) is 1.84. The molecule has 72 valence electrons. The number of carbonyl (C=O) groups is 1. The van der Waals surface area contributed by atoms with Crippen LogP contribution in [0.25, 0.3) is 0 Å². The van der Waals surface area contributed by atoms with Crippen LogP contribution >= 0.6 is 0 Å². The summed E-state index contributed by atoms with van der Waals surface area (Å²) in [5.74, 6) is 0. The molecule has 0 fully saturated rings. The van der Waals surface area contributed by atoms with E-state index in [0.29, 0.717) is 0 Å². The van der Waals surface area contributed by atoms with Crippen molar-refractivity contribution < 1.29 is 14.3 Å². The van der Waals surface area contributed by atoms with Gasteiger partial charge in [0.05, 0.1) is 0 Å². The normalized spacial score (nSPS) is 12.8. The molecule has 2 N–H and O–H groups in total. The zero-order valence-corrected chi connectivity index (χ0v) is 8.30. The van der Waals surface area contributed by atoms with E-state index < -0.39 is 17.3 Å². The molecule has 4 heteroatoms. The molecule has 0 rings (SSSR count). The summed E-state index contributed by atoms with van der Waals surface area (Å²) >= 11 is 0. The van der Waals surface area contributed by atoms with Crippen molar-refractivity contribution in [2.24, 2.45) is 5.73 Å². The Morgan fingerprint density at radius 2 is 1.58 bits per heavy atom. The molecular formula is C8H17NO3. The summed E-state index contributed by atoms with van der Waals surface area (Å²) in [4.78, 5) is 10.5. The molecule has 12 heavy (non-hydrogen) atoms. The van der Waals surface area contributed by atoms with Crippen molar-refractivity contribution in [3.63, 3.8) is 0 Å². The van der Waals surface area contributed by atoms with Gasteiger partial charge in [0.25, 0.3) is 0 Å². The number of nitrogens with two attached hydrogens (primary N) is 1. The lowest BCUT2D eigenvalue weighted by molar-refractivity contribution is -0.130. The van der Waals surface area contributed by atoms with Gasteiger partial charge < -0.3 is 15.2 Å². The lowest BCUT2D eigenvalue weighted by atomic mass is 9.89. The number of hydrogen-bond acceptors (Lipinski definition) is 3. The zero-order valence-electron chi connectivity index (χ0n) is 8.30. The molecule has 0 aliphatic rings. The van der Waals surface area contributed by atoms with E-state index in [4.69, 9.17) is 15.2 Å². The van der Waals surface area contributed by atoms with E-state index in [-0.39, 0.29) is 0 Å². The molecule has 0 heterocycles. The van der Waals surface area contributed by atoms with Crippen molar-refractivity contribution in [1.29, 1.82) is 0 Å². The monoisotopic (exact) mass is 175 g/mol. The van der Waals surface area contributed by atoms with Crippen LogP contribution in [0, 0.1) is 0 Å². The van der Waals surface area contributed by atoms with Gasteiger partial charge in [-0.15, -0.1) is 0 Å². The van der Waals surface area contributed by atoms with Crippen LogP contribution in [0.5, 0.6) is 0 Å². The van der Waals surface area contributed by atoms with E-state index in [1.807, 2.05) is 13.8 Å². The highest BCUT2D eigenvalue weighted by atomic mass is 16.6. The van der Waals surface area contributed by atoms with Crippen LogP contribution in [0.4, 0.5) is 4.79 Å². The predicted octanol–water partition coefficient (Wildman–Crippen LogP) is 1.29. The van der Waals surface area contributed by atoms with Crippen LogP contribution in [-0.2, 0) is 9.47 Å². The average molecular weight is 175 g/mol. The number of hydrogen-bond donors (Lipinski definition) is 1. The largest absolute Gasteiger partial charge is 0.441 e. The zero-order chi connectivity index (χ0) is 9.99. The van der Waals surface area contributed by atoms with Gasteiger partial charge in [-0.1, -0.05) is 0 Å². The molecule has 0 spiro atoms. The Kier molecular flexibility index (Phi) is 3.10. The lowest BCUT2D eigenvalue weighted by Crippen LogP contribution is -2.50. The second-order valence-corrected chi connectivity index (χ2v) is 3.65. The molecule has 0 aromatic rings. The van der Waals surface area contributed by atoms with Crippen LogP contribution in [0.2, 0.25) is 0 Å². The molecule has 0 bridgehead atoms. The molecule has 0 aliphatic heterocycles. The van der Waals surface area contributed by atoms with Crippen molar-refractivity contribution in [2.75, 3.05) is 7.11 Å². The molecule has 1 amide bonds. The van der Waals surface area contributed by atoms with Gasteiger partial charge in [0.2, 0.25) is 0 Å². The fourth-order valence-electron chi connectivity index (χ4n) is 0.620. The fraction of sp³-hybridized carbons (Fsp3) is 0.875.